The first-order chi connectivity index (χ1) is 20.8. The fraction of sp³-hybridized carbons (Fsp3) is 0.121. The summed E-state index contributed by atoms with van der Waals surface area (Å²) in [6, 6.07) is 26.5. The Kier molecular flexibility index (Phi) is 11.0. The van der Waals surface area contributed by atoms with E-state index in [0.29, 0.717) is 29.1 Å². The Morgan fingerprint density at radius 1 is 0.907 bits per heavy atom. The van der Waals surface area contributed by atoms with Crippen molar-refractivity contribution in [1.82, 2.24) is 5.32 Å². The van der Waals surface area contributed by atoms with E-state index in [1.165, 1.54) is 36.0 Å². The molecule has 43 heavy (non-hydrogen) atoms. The van der Waals surface area contributed by atoms with Crippen molar-refractivity contribution >= 4 is 58.5 Å². The predicted molar refractivity (Wildman–Crippen MR) is 170 cm³/mol. The minimum absolute atomic E-state index is 0.0418. The lowest BCUT2D eigenvalue weighted by Crippen LogP contribution is -2.30. The van der Waals surface area contributed by atoms with Gasteiger partial charge in [0.25, 0.3) is 11.8 Å². The highest BCUT2D eigenvalue weighted by Gasteiger charge is 2.20. The molecule has 0 aliphatic carbocycles. The van der Waals surface area contributed by atoms with Crippen LogP contribution in [0, 0.1) is 5.82 Å². The average Bonchev–Trinajstić information content (AvgIpc) is 3.01. The molecule has 0 aromatic heterocycles. The van der Waals surface area contributed by atoms with Crippen molar-refractivity contribution in [2.75, 3.05) is 17.7 Å². The van der Waals surface area contributed by atoms with Gasteiger partial charge in [-0.05, 0) is 67.1 Å². The van der Waals surface area contributed by atoms with Crippen molar-refractivity contribution in [1.29, 1.82) is 0 Å². The molecule has 0 saturated heterocycles. The number of hydrogen-bond acceptors (Lipinski definition) is 5. The monoisotopic (exact) mass is 617 g/mol. The third-order valence-electron chi connectivity index (χ3n) is 6.19. The van der Waals surface area contributed by atoms with Crippen LogP contribution in [0.25, 0.3) is 6.08 Å². The first-order valence-electron chi connectivity index (χ1n) is 13.3. The number of hydrogen-bond donors (Lipinski definition) is 3. The molecule has 0 aliphatic rings. The minimum Gasteiger partial charge on any atom is -0.497 e. The number of ether oxygens (including phenoxy) is 1. The summed E-state index contributed by atoms with van der Waals surface area (Å²) < 4.78 is 19.8. The largest absolute Gasteiger partial charge is 0.497 e. The normalized spacial score (nSPS) is 11.8. The zero-order valence-corrected chi connectivity index (χ0v) is 25.0. The van der Waals surface area contributed by atoms with Gasteiger partial charge in [-0.1, -0.05) is 54.9 Å². The highest BCUT2D eigenvalue weighted by Crippen LogP contribution is 2.29. The Labute approximate surface area is 258 Å². The fourth-order valence-corrected chi connectivity index (χ4v) is 5.22. The summed E-state index contributed by atoms with van der Waals surface area (Å²) in [7, 11) is 1.56. The first kappa shape index (κ1) is 31.3. The van der Waals surface area contributed by atoms with Crippen LogP contribution in [0.1, 0.15) is 29.3 Å². The molecule has 1 atom stereocenters. The van der Waals surface area contributed by atoms with E-state index < -0.39 is 22.9 Å². The van der Waals surface area contributed by atoms with Gasteiger partial charge in [-0.15, -0.1) is 11.8 Å². The number of methoxy groups -OCH3 is 1. The minimum atomic E-state index is -0.687. The van der Waals surface area contributed by atoms with Crippen LogP contribution in [0.5, 0.6) is 5.75 Å². The Morgan fingerprint density at radius 2 is 1.60 bits per heavy atom. The molecule has 4 rings (SSSR count). The molecule has 1 unspecified atom stereocenters. The van der Waals surface area contributed by atoms with E-state index in [2.05, 4.69) is 16.0 Å². The Morgan fingerprint density at radius 3 is 2.30 bits per heavy atom. The van der Waals surface area contributed by atoms with Crippen molar-refractivity contribution < 1.29 is 23.5 Å². The third kappa shape index (κ3) is 8.70. The molecule has 3 N–H and O–H groups in total. The summed E-state index contributed by atoms with van der Waals surface area (Å²) >= 11 is 7.54. The van der Waals surface area contributed by atoms with Gasteiger partial charge in [-0.3, -0.25) is 14.4 Å². The van der Waals surface area contributed by atoms with Crippen LogP contribution in [-0.2, 0) is 9.59 Å². The lowest BCUT2D eigenvalue weighted by atomic mass is 10.1. The molecule has 220 valence electrons. The molecule has 0 fully saturated rings. The Hall–Kier alpha value is -4.60. The molecule has 0 saturated carbocycles. The number of thioether (sulfide) groups is 1. The van der Waals surface area contributed by atoms with Crippen molar-refractivity contribution in [3.8, 4) is 5.75 Å². The van der Waals surface area contributed by atoms with Gasteiger partial charge in [-0.2, -0.15) is 0 Å². The second kappa shape index (κ2) is 15.0. The highest BCUT2D eigenvalue weighted by atomic mass is 35.5. The molecule has 0 spiro atoms. The second-order valence-electron chi connectivity index (χ2n) is 9.23. The molecule has 0 radical (unpaired) electrons. The molecule has 0 aliphatic heterocycles. The van der Waals surface area contributed by atoms with Gasteiger partial charge in [0.1, 0.15) is 17.3 Å². The summed E-state index contributed by atoms with van der Waals surface area (Å²) in [6.45, 7) is 1.91. The van der Waals surface area contributed by atoms with Crippen LogP contribution in [0.3, 0.4) is 0 Å². The Bertz CT molecular complexity index is 1630. The predicted octanol–water partition coefficient (Wildman–Crippen LogP) is 7.41. The van der Waals surface area contributed by atoms with Gasteiger partial charge in [0.2, 0.25) is 5.91 Å². The number of carbonyl (C=O) groups excluding carboxylic acids is 3. The van der Waals surface area contributed by atoms with E-state index in [1.807, 2.05) is 13.0 Å². The summed E-state index contributed by atoms with van der Waals surface area (Å²) in [5.74, 6) is -1.43. The number of amides is 3. The van der Waals surface area contributed by atoms with Crippen LogP contribution >= 0.6 is 23.4 Å². The van der Waals surface area contributed by atoms with E-state index in [9.17, 15) is 18.8 Å². The molecule has 4 aromatic rings. The van der Waals surface area contributed by atoms with Crippen molar-refractivity contribution in [2.45, 2.75) is 23.5 Å². The second-order valence-corrected chi connectivity index (χ2v) is 10.9. The van der Waals surface area contributed by atoms with Crippen molar-refractivity contribution in [3.05, 3.63) is 125 Å². The molecular weight excluding hydrogens is 589 g/mol. The number of anilines is 2. The van der Waals surface area contributed by atoms with E-state index in [4.69, 9.17) is 16.3 Å². The molecule has 3 amide bonds. The van der Waals surface area contributed by atoms with E-state index in [0.717, 1.165) is 4.90 Å². The summed E-state index contributed by atoms with van der Waals surface area (Å²) in [6.07, 6.45) is 1.75. The average molecular weight is 618 g/mol. The zero-order valence-electron chi connectivity index (χ0n) is 23.4. The van der Waals surface area contributed by atoms with Gasteiger partial charge < -0.3 is 20.7 Å². The third-order valence-corrected chi connectivity index (χ3v) is 7.88. The molecule has 0 heterocycles. The van der Waals surface area contributed by atoms with Crippen LogP contribution in [-0.4, -0.2) is 30.1 Å². The quantitative estimate of drug-likeness (QED) is 0.120. The molecule has 7 nitrogen and oxygen atoms in total. The van der Waals surface area contributed by atoms with E-state index in [-0.39, 0.29) is 22.2 Å². The van der Waals surface area contributed by atoms with Crippen LogP contribution in [0.4, 0.5) is 15.8 Å². The zero-order chi connectivity index (χ0) is 30.8. The number of nitrogens with one attached hydrogen (secondary N) is 3. The van der Waals surface area contributed by atoms with Crippen molar-refractivity contribution in [3.63, 3.8) is 0 Å². The number of carbonyl (C=O) groups is 3. The SMILES string of the molecule is CCC(Sc1cccc(NC(=O)/C(=C\c2c(F)cccc2Cl)NC(=O)c2ccccc2)c1)C(=O)Nc1cccc(OC)c1. The molecule has 0 bridgehead atoms. The molecule has 4 aromatic carbocycles. The maximum Gasteiger partial charge on any atom is 0.272 e. The Balaban J connectivity index is 1.52. The number of halogens is 2. The smallest absolute Gasteiger partial charge is 0.272 e. The first-order valence-corrected chi connectivity index (χ1v) is 14.6. The van der Waals surface area contributed by atoms with Gasteiger partial charge in [0.15, 0.2) is 0 Å². The topological polar surface area (TPSA) is 96.5 Å². The standard InChI is InChI=1S/C33H29ClFN3O4S/c1-3-30(33(41)37-22-12-7-14-24(18-22)42-2)43-25-15-8-13-23(19-25)36-32(40)29(20-26-27(34)16-9-17-28(26)35)38-31(39)21-10-5-4-6-11-21/h4-20,30H,3H2,1-2H3,(H,36,40)(H,37,41)(H,38,39)/b29-20+. The lowest BCUT2D eigenvalue weighted by molar-refractivity contribution is -0.116. The maximum absolute atomic E-state index is 14.6. The van der Waals surface area contributed by atoms with Gasteiger partial charge >= 0.3 is 0 Å². The van der Waals surface area contributed by atoms with Crippen LogP contribution in [0.2, 0.25) is 5.02 Å². The highest BCUT2D eigenvalue weighted by molar-refractivity contribution is 8.00. The van der Waals surface area contributed by atoms with Crippen LogP contribution in [0.15, 0.2) is 108 Å². The fourth-order valence-electron chi connectivity index (χ4n) is 3.99. The summed E-state index contributed by atoms with van der Waals surface area (Å²) in [4.78, 5) is 40.1. The number of rotatable bonds is 11. The lowest BCUT2D eigenvalue weighted by Gasteiger charge is -2.16. The van der Waals surface area contributed by atoms with Crippen molar-refractivity contribution in [2.24, 2.45) is 0 Å². The summed E-state index contributed by atoms with van der Waals surface area (Å²) in [5.41, 5.74) is 1.11. The molecular formula is C33H29ClFN3O4S. The molecule has 10 heteroatoms. The van der Waals surface area contributed by atoms with Gasteiger partial charge in [0.05, 0.1) is 17.4 Å². The maximum atomic E-state index is 14.6. The van der Waals surface area contributed by atoms with Crippen LogP contribution < -0.4 is 20.7 Å². The van der Waals surface area contributed by atoms with Gasteiger partial charge in [-0.25, -0.2) is 4.39 Å². The van der Waals surface area contributed by atoms with E-state index in [1.54, 1.807) is 79.9 Å². The van der Waals surface area contributed by atoms with E-state index >= 15 is 0 Å². The van der Waals surface area contributed by atoms with Gasteiger partial charge in [0, 0.05) is 33.5 Å². The number of benzene rings is 4. The summed E-state index contributed by atoms with van der Waals surface area (Å²) in [5, 5.41) is 7.91.